The SMILES string of the molecule is CCCCCCCCCCCCCCCCOc1ccc(CN(C)C)cc1OCCCCCCCCCCCCCCCC. The molecule has 0 saturated carbocycles. The third-order valence-corrected chi connectivity index (χ3v) is 9.02. The quantitative estimate of drug-likeness (QED) is 0.0720. The van der Waals surface area contributed by atoms with Gasteiger partial charge in [-0.05, 0) is 44.6 Å². The van der Waals surface area contributed by atoms with Crippen LogP contribution in [0.4, 0.5) is 0 Å². The first-order chi connectivity index (χ1) is 21.7. The minimum absolute atomic E-state index is 0.790. The highest BCUT2D eigenvalue weighted by molar-refractivity contribution is 5.43. The molecule has 0 aliphatic rings. The van der Waals surface area contributed by atoms with E-state index in [2.05, 4.69) is 51.0 Å². The summed E-state index contributed by atoms with van der Waals surface area (Å²) in [5.41, 5.74) is 1.29. The van der Waals surface area contributed by atoms with Crippen molar-refractivity contribution in [1.29, 1.82) is 0 Å². The van der Waals surface area contributed by atoms with E-state index in [1.165, 1.54) is 173 Å². The molecule has 3 heteroatoms. The first-order valence-corrected chi connectivity index (χ1v) is 19.7. The van der Waals surface area contributed by atoms with Crippen molar-refractivity contribution in [2.45, 2.75) is 200 Å². The van der Waals surface area contributed by atoms with Gasteiger partial charge in [0.1, 0.15) is 0 Å². The Morgan fingerprint density at radius 3 is 1.07 bits per heavy atom. The molecule has 1 aromatic carbocycles. The summed E-state index contributed by atoms with van der Waals surface area (Å²) in [4.78, 5) is 2.21. The van der Waals surface area contributed by atoms with Crippen molar-refractivity contribution in [1.82, 2.24) is 4.90 Å². The lowest BCUT2D eigenvalue weighted by molar-refractivity contribution is 0.257. The Balaban J connectivity index is 2.12. The molecule has 0 aliphatic heterocycles. The van der Waals surface area contributed by atoms with Crippen LogP contribution in [0.5, 0.6) is 11.5 Å². The molecule has 1 aromatic rings. The van der Waals surface area contributed by atoms with Gasteiger partial charge < -0.3 is 14.4 Å². The summed E-state index contributed by atoms with van der Waals surface area (Å²) in [6.45, 7) is 7.10. The summed E-state index contributed by atoms with van der Waals surface area (Å²) >= 11 is 0. The fraction of sp³-hybridized carbons (Fsp3) is 0.854. The molecule has 0 aliphatic carbocycles. The van der Waals surface area contributed by atoms with Gasteiger partial charge in [-0.15, -0.1) is 0 Å². The molecule has 0 heterocycles. The lowest BCUT2D eigenvalue weighted by Gasteiger charge is -2.16. The molecule has 0 spiro atoms. The highest BCUT2D eigenvalue weighted by Crippen LogP contribution is 2.29. The Morgan fingerprint density at radius 2 is 0.727 bits per heavy atom. The summed E-state index contributed by atoms with van der Waals surface area (Å²) in [7, 11) is 4.24. The van der Waals surface area contributed by atoms with Crippen LogP contribution < -0.4 is 9.47 Å². The number of nitrogens with zero attached hydrogens (tertiary/aromatic N) is 1. The van der Waals surface area contributed by atoms with Crippen LogP contribution >= 0.6 is 0 Å². The van der Waals surface area contributed by atoms with Crippen LogP contribution in [-0.4, -0.2) is 32.2 Å². The Labute approximate surface area is 276 Å². The summed E-state index contributed by atoms with van der Waals surface area (Å²) < 4.78 is 12.5. The van der Waals surface area contributed by atoms with E-state index in [-0.39, 0.29) is 0 Å². The van der Waals surface area contributed by atoms with Gasteiger partial charge in [0.15, 0.2) is 11.5 Å². The Bertz CT molecular complexity index is 719. The van der Waals surface area contributed by atoms with E-state index in [1.54, 1.807) is 0 Å². The molecule has 0 bridgehead atoms. The van der Waals surface area contributed by atoms with Crippen LogP contribution in [0.25, 0.3) is 0 Å². The van der Waals surface area contributed by atoms with Crippen LogP contribution in [0.2, 0.25) is 0 Å². The maximum Gasteiger partial charge on any atom is 0.161 e. The molecular formula is C41H77NO2. The van der Waals surface area contributed by atoms with Gasteiger partial charge in [-0.1, -0.05) is 187 Å². The zero-order valence-electron chi connectivity index (χ0n) is 30.4. The van der Waals surface area contributed by atoms with Gasteiger partial charge in [0.2, 0.25) is 0 Å². The second kappa shape index (κ2) is 31.7. The molecule has 0 aromatic heterocycles. The third kappa shape index (κ3) is 26.0. The minimum atomic E-state index is 0.790. The third-order valence-electron chi connectivity index (χ3n) is 9.02. The molecule has 0 unspecified atom stereocenters. The molecule has 0 saturated heterocycles. The van der Waals surface area contributed by atoms with Crippen molar-refractivity contribution in [2.24, 2.45) is 0 Å². The zero-order valence-corrected chi connectivity index (χ0v) is 30.4. The van der Waals surface area contributed by atoms with Crippen molar-refractivity contribution >= 4 is 0 Å². The maximum atomic E-state index is 6.30. The second-order valence-corrected chi connectivity index (χ2v) is 13.9. The molecule has 0 N–H and O–H groups in total. The average molecular weight is 616 g/mol. The Hall–Kier alpha value is -1.22. The number of hydrogen-bond acceptors (Lipinski definition) is 3. The van der Waals surface area contributed by atoms with E-state index in [0.717, 1.165) is 44.1 Å². The Morgan fingerprint density at radius 1 is 0.409 bits per heavy atom. The molecular weight excluding hydrogens is 538 g/mol. The van der Waals surface area contributed by atoms with Gasteiger partial charge >= 0.3 is 0 Å². The fourth-order valence-corrected chi connectivity index (χ4v) is 6.21. The fourth-order valence-electron chi connectivity index (χ4n) is 6.21. The maximum absolute atomic E-state index is 6.30. The minimum Gasteiger partial charge on any atom is -0.490 e. The van der Waals surface area contributed by atoms with E-state index >= 15 is 0 Å². The second-order valence-electron chi connectivity index (χ2n) is 13.9. The largest absolute Gasteiger partial charge is 0.490 e. The van der Waals surface area contributed by atoms with Gasteiger partial charge in [0, 0.05) is 6.54 Å². The van der Waals surface area contributed by atoms with Gasteiger partial charge in [-0.25, -0.2) is 0 Å². The molecule has 0 fully saturated rings. The van der Waals surface area contributed by atoms with Crippen LogP contribution in [0.3, 0.4) is 0 Å². The van der Waals surface area contributed by atoms with Crippen LogP contribution in [0.15, 0.2) is 18.2 Å². The van der Waals surface area contributed by atoms with Crippen LogP contribution in [-0.2, 0) is 6.54 Å². The topological polar surface area (TPSA) is 21.7 Å². The van der Waals surface area contributed by atoms with Crippen LogP contribution in [0.1, 0.15) is 199 Å². The van der Waals surface area contributed by atoms with E-state index in [0.29, 0.717) is 0 Å². The van der Waals surface area contributed by atoms with E-state index in [1.807, 2.05) is 0 Å². The zero-order chi connectivity index (χ0) is 31.8. The van der Waals surface area contributed by atoms with E-state index in [4.69, 9.17) is 9.47 Å². The molecule has 0 atom stereocenters. The van der Waals surface area contributed by atoms with E-state index in [9.17, 15) is 0 Å². The van der Waals surface area contributed by atoms with Crippen molar-refractivity contribution in [3.8, 4) is 11.5 Å². The lowest BCUT2D eigenvalue weighted by Crippen LogP contribution is -2.11. The molecule has 258 valence electrons. The predicted molar refractivity (Wildman–Crippen MR) is 195 cm³/mol. The van der Waals surface area contributed by atoms with Crippen molar-refractivity contribution in [2.75, 3.05) is 27.3 Å². The standard InChI is InChI=1S/C41H77NO2/c1-5-7-9-11-13-15-17-19-21-23-25-27-29-31-35-43-40-34-33-39(38-42(3)4)37-41(40)44-36-32-30-28-26-24-22-20-18-16-14-12-10-8-6-2/h33-34,37H,5-32,35-36,38H2,1-4H3. The number of ether oxygens (including phenoxy) is 2. The Kier molecular flexibility index (Phi) is 29.4. The first-order valence-electron chi connectivity index (χ1n) is 19.7. The molecule has 3 nitrogen and oxygen atoms in total. The molecule has 0 amide bonds. The summed E-state index contributed by atoms with van der Waals surface area (Å²) in [6.07, 6.45) is 38.7. The predicted octanol–water partition coefficient (Wildman–Crippen LogP) is 13.5. The monoisotopic (exact) mass is 616 g/mol. The normalized spacial score (nSPS) is 11.5. The highest BCUT2D eigenvalue weighted by atomic mass is 16.5. The molecule has 1 rings (SSSR count). The average Bonchev–Trinajstić information content (AvgIpc) is 3.01. The van der Waals surface area contributed by atoms with Gasteiger partial charge in [0.25, 0.3) is 0 Å². The first kappa shape index (κ1) is 40.8. The smallest absolute Gasteiger partial charge is 0.161 e. The van der Waals surface area contributed by atoms with Gasteiger partial charge in [-0.3, -0.25) is 0 Å². The van der Waals surface area contributed by atoms with Crippen molar-refractivity contribution in [3.63, 3.8) is 0 Å². The summed E-state index contributed by atoms with van der Waals surface area (Å²) in [5.74, 6) is 1.86. The van der Waals surface area contributed by atoms with Crippen LogP contribution in [0, 0.1) is 0 Å². The molecule has 0 radical (unpaired) electrons. The van der Waals surface area contributed by atoms with E-state index < -0.39 is 0 Å². The highest BCUT2D eigenvalue weighted by Gasteiger charge is 2.08. The van der Waals surface area contributed by atoms with Crippen molar-refractivity contribution < 1.29 is 9.47 Å². The van der Waals surface area contributed by atoms with Gasteiger partial charge in [-0.2, -0.15) is 0 Å². The van der Waals surface area contributed by atoms with Gasteiger partial charge in [0.05, 0.1) is 13.2 Å². The number of benzene rings is 1. The number of unbranched alkanes of at least 4 members (excludes halogenated alkanes) is 26. The number of hydrogen-bond donors (Lipinski definition) is 0. The summed E-state index contributed by atoms with van der Waals surface area (Å²) in [5, 5.41) is 0. The molecule has 44 heavy (non-hydrogen) atoms. The summed E-state index contributed by atoms with van der Waals surface area (Å²) in [6, 6.07) is 6.52. The number of rotatable bonds is 34. The lowest BCUT2D eigenvalue weighted by atomic mass is 10.0. The van der Waals surface area contributed by atoms with Crippen molar-refractivity contribution in [3.05, 3.63) is 23.8 Å².